The van der Waals surface area contributed by atoms with Crippen LogP contribution in [0.1, 0.15) is 70.3 Å². The van der Waals surface area contributed by atoms with Crippen LogP contribution in [0.4, 0.5) is 0 Å². The smallest absolute Gasteiger partial charge is 0.0121 e. The normalized spacial score (nSPS) is 33.2. The minimum atomic E-state index is 0.510. The summed E-state index contributed by atoms with van der Waals surface area (Å²) in [6.07, 6.45) is 9.60. The lowest BCUT2D eigenvalue weighted by molar-refractivity contribution is 0.231. The summed E-state index contributed by atoms with van der Waals surface area (Å²) in [6, 6.07) is 12.6. The molecule has 2 aliphatic rings. The Hall–Kier alpha value is -0.820. The van der Waals surface area contributed by atoms with Crippen LogP contribution < -0.4 is 5.32 Å². The predicted octanol–water partition coefficient (Wildman–Crippen LogP) is 4.88. The predicted molar refractivity (Wildman–Crippen MR) is 86.0 cm³/mol. The first-order valence-electron chi connectivity index (χ1n) is 8.46. The zero-order valence-electron chi connectivity index (χ0n) is 13.1. The molecule has 1 heteroatoms. The summed E-state index contributed by atoms with van der Waals surface area (Å²) in [4.78, 5) is 0. The monoisotopic (exact) mass is 271 g/mol. The van der Waals surface area contributed by atoms with Crippen molar-refractivity contribution in [1.82, 2.24) is 5.32 Å². The van der Waals surface area contributed by atoms with Gasteiger partial charge in [-0.3, -0.25) is 0 Å². The Bertz CT molecular complexity index is 415. The Balaban J connectivity index is 1.52. The molecule has 2 fully saturated rings. The van der Waals surface area contributed by atoms with Crippen LogP contribution in [0.2, 0.25) is 0 Å². The summed E-state index contributed by atoms with van der Waals surface area (Å²) in [7, 11) is 0. The SMILES string of the molecule is CC1(C)CCCC1NC1CCC(c2ccccc2)CC1. The molecule has 2 saturated carbocycles. The number of rotatable bonds is 3. The third kappa shape index (κ3) is 3.09. The summed E-state index contributed by atoms with van der Waals surface area (Å²) in [5.74, 6) is 0.797. The largest absolute Gasteiger partial charge is 0.311 e. The van der Waals surface area contributed by atoms with Crippen molar-refractivity contribution < 1.29 is 0 Å². The van der Waals surface area contributed by atoms with Gasteiger partial charge in [0, 0.05) is 12.1 Å². The van der Waals surface area contributed by atoms with Gasteiger partial charge in [0.2, 0.25) is 0 Å². The van der Waals surface area contributed by atoms with E-state index in [0.29, 0.717) is 5.41 Å². The second-order valence-corrected chi connectivity index (χ2v) is 7.56. The zero-order valence-corrected chi connectivity index (χ0v) is 13.1. The molecule has 1 unspecified atom stereocenters. The number of hydrogen-bond acceptors (Lipinski definition) is 1. The van der Waals surface area contributed by atoms with Gasteiger partial charge < -0.3 is 5.32 Å². The van der Waals surface area contributed by atoms with Crippen molar-refractivity contribution in [2.75, 3.05) is 0 Å². The highest BCUT2D eigenvalue weighted by Gasteiger charge is 2.36. The van der Waals surface area contributed by atoms with E-state index < -0.39 is 0 Å². The van der Waals surface area contributed by atoms with Crippen molar-refractivity contribution in [3.8, 4) is 0 Å². The van der Waals surface area contributed by atoms with Gasteiger partial charge in [-0.05, 0) is 55.4 Å². The maximum absolute atomic E-state index is 3.98. The molecule has 1 aromatic carbocycles. The summed E-state index contributed by atoms with van der Waals surface area (Å²) in [6.45, 7) is 4.88. The van der Waals surface area contributed by atoms with Crippen LogP contribution >= 0.6 is 0 Å². The van der Waals surface area contributed by atoms with Crippen LogP contribution in [0, 0.1) is 5.41 Å². The summed E-state index contributed by atoms with van der Waals surface area (Å²) >= 11 is 0. The molecule has 20 heavy (non-hydrogen) atoms. The van der Waals surface area contributed by atoms with E-state index in [1.165, 1.54) is 44.9 Å². The molecular formula is C19H29N. The standard InChI is InChI=1S/C19H29N/c1-19(2)14-6-9-18(19)20-17-12-10-16(11-13-17)15-7-4-3-5-8-15/h3-5,7-8,16-18,20H,6,9-14H2,1-2H3. The fraction of sp³-hybridized carbons (Fsp3) is 0.684. The molecule has 0 saturated heterocycles. The molecular weight excluding hydrogens is 242 g/mol. The highest BCUT2D eigenvalue weighted by Crippen LogP contribution is 2.39. The van der Waals surface area contributed by atoms with Crippen LogP contribution in [0.3, 0.4) is 0 Å². The van der Waals surface area contributed by atoms with E-state index in [1.807, 2.05) is 0 Å². The average Bonchev–Trinajstić information content (AvgIpc) is 2.80. The van der Waals surface area contributed by atoms with Gasteiger partial charge in [0.05, 0.1) is 0 Å². The Morgan fingerprint density at radius 1 is 0.950 bits per heavy atom. The molecule has 1 atom stereocenters. The third-order valence-corrected chi connectivity index (χ3v) is 5.69. The molecule has 110 valence electrons. The van der Waals surface area contributed by atoms with Crippen LogP contribution in [0.15, 0.2) is 30.3 Å². The topological polar surface area (TPSA) is 12.0 Å². The Morgan fingerprint density at radius 3 is 2.25 bits per heavy atom. The summed E-state index contributed by atoms with van der Waals surface area (Å²) in [5.41, 5.74) is 2.06. The van der Waals surface area contributed by atoms with E-state index in [1.54, 1.807) is 5.56 Å². The molecule has 0 spiro atoms. The van der Waals surface area contributed by atoms with E-state index in [-0.39, 0.29) is 0 Å². The van der Waals surface area contributed by atoms with Crippen LogP contribution in [0.5, 0.6) is 0 Å². The minimum absolute atomic E-state index is 0.510. The second-order valence-electron chi connectivity index (χ2n) is 7.56. The molecule has 1 nitrogen and oxygen atoms in total. The maximum atomic E-state index is 3.98. The van der Waals surface area contributed by atoms with Gasteiger partial charge in [-0.2, -0.15) is 0 Å². The first-order valence-corrected chi connectivity index (χ1v) is 8.46. The van der Waals surface area contributed by atoms with Gasteiger partial charge in [0.25, 0.3) is 0 Å². The third-order valence-electron chi connectivity index (χ3n) is 5.69. The molecule has 0 radical (unpaired) electrons. The summed E-state index contributed by atoms with van der Waals surface area (Å²) in [5, 5.41) is 3.98. The van der Waals surface area contributed by atoms with Crippen molar-refractivity contribution >= 4 is 0 Å². The lowest BCUT2D eigenvalue weighted by Crippen LogP contribution is -2.45. The molecule has 0 heterocycles. The maximum Gasteiger partial charge on any atom is 0.0121 e. The molecule has 2 aliphatic carbocycles. The van der Waals surface area contributed by atoms with Gasteiger partial charge in [0.1, 0.15) is 0 Å². The van der Waals surface area contributed by atoms with Gasteiger partial charge in [-0.15, -0.1) is 0 Å². The van der Waals surface area contributed by atoms with Crippen molar-refractivity contribution in [2.24, 2.45) is 5.41 Å². The molecule has 0 bridgehead atoms. The van der Waals surface area contributed by atoms with Gasteiger partial charge >= 0.3 is 0 Å². The molecule has 0 aromatic heterocycles. The first-order chi connectivity index (χ1) is 9.65. The second kappa shape index (κ2) is 5.89. The van der Waals surface area contributed by atoms with Crippen LogP contribution in [0.25, 0.3) is 0 Å². The Kier molecular flexibility index (Phi) is 4.16. The fourth-order valence-electron chi connectivity index (χ4n) is 4.24. The van der Waals surface area contributed by atoms with E-state index in [0.717, 1.165) is 18.0 Å². The number of hydrogen-bond donors (Lipinski definition) is 1. The summed E-state index contributed by atoms with van der Waals surface area (Å²) < 4.78 is 0. The first kappa shape index (κ1) is 14.1. The number of benzene rings is 1. The fourth-order valence-corrected chi connectivity index (χ4v) is 4.24. The van der Waals surface area contributed by atoms with E-state index >= 15 is 0 Å². The van der Waals surface area contributed by atoms with E-state index in [9.17, 15) is 0 Å². The van der Waals surface area contributed by atoms with Gasteiger partial charge in [-0.25, -0.2) is 0 Å². The van der Waals surface area contributed by atoms with Crippen molar-refractivity contribution in [1.29, 1.82) is 0 Å². The van der Waals surface area contributed by atoms with Crippen molar-refractivity contribution in [3.05, 3.63) is 35.9 Å². The lowest BCUT2D eigenvalue weighted by Gasteiger charge is -2.36. The quantitative estimate of drug-likeness (QED) is 0.826. The highest BCUT2D eigenvalue weighted by atomic mass is 15.0. The number of nitrogens with one attached hydrogen (secondary N) is 1. The molecule has 1 N–H and O–H groups in total. The molecule has 3 rings (SSSR count). The van der Waals surface area contributed by atoms with E-state index in [2.05, 4.69) is 49.5 Å². The Labute approximate surface area is 124 Å². The highest BCUT2D eigenvalue weighted by molar-refractivity contribution is 5.20. The molecule has 1 aromatic rings. The van der Waals surface area contributed by atoms with Gasteiger partial charge in [0.15, 0.2) is 0 Å². The van der Waals surface area contributed by atoms with E-state index in [4.69, 9.17) is 0 Å². The van der Waals surface area contributed by atoms with Crippen molar-refractivity contribution in [3.63, 3.8) is 0 Å². The molecule has 0 aliphatic heterocycles. The lowest BCUT2D eigenvalue weighted by atomic mass is 9.80. The van der Waals surface area contributed by atoms with Gasteiger partial charge in [-0.1, -0.05) is 50.6 Å². The average molecular weight is 271 g/mol. The van der Waals surface area contributed by atoms with Crippen LogP contribution in [-0.4, -0.2) is 12.1 Å². The molecule has 0 amide bonds. The Morgan fingerprint density at radius 2 is 1.65 bits per heavy atom. The minimum Gasteiger partial charge on any atom is -0.311 e. The zero-order chi connectivity index (χ0) is 14.0. The van der Waals surface area contributed by atoms with Crippen LogP contribution in [-0.2, 0) is 0 Å². The van der Waals surface area contributed by atoms with Crippen molar-refractivity contribution in [2.45, 2.75) is 76.8 Å².